The number of hydrogen-bond donors (Lipinski definition) is 3. The van der Waals surface area contributed by atoms with Gasteiger partial charge in [-0.15, -0.1) is 0 Å². The van der Waals surface area contributed by atoms with Crippen molar-refractivity contribution in [2.75, 3.05) is 5.73 Å². The molecule has 0 saturated carbocycles. The van der Waals surface area contributed by atoms with Gasteiger partial charge < -0.3 is 10.8 Å². The Hall–Kier alpha value is -2.02. The topological polar surface area (TPSA) is 74.9 Å². The van der Waals surface area contributed by atoms with Gasteiger partial charge in [-0.25, -0.2) is 0 Å². The summed E-state index contributed by atoms with van der Waals surface area (Å²) in [5.41, 5.74) is 5.08. The first-order chi connectivity index (χ1) is 8.39. The maximum Gasteiger partial charge on any atom is 0.416 e. The zero-order chi connectivity index (χ0) is 13.3. The predicted octanol–water partition coefficient (Wildman–Crippen LogP) is 2.09. The van der Waals surface area contributed by atoms with Crippen LogP contribution in [0.1, 0.15) is 22.9 Å². The van der Waals surface area contributed by atoms with Gasteiger partial charge >= 0.3 is 6.18 Å². The first kappa shape index (κ1) is 12.4. The van der Waals surface area contributed by atoms with Crippen LogP contribution in [0.15, 0.2) is 30.5 Å². The van der Waals surface area contributed by atoms with E-state index in [1.54, 1.807) is 0 Å². The number of nitrogens with one attached hydrogen (secondary N) is 1. The molecule has 0 radical (unpaired) electrons. The minimum atomic E-state index is -4.48. The summed E-state index contributed by atoms with van der Waals surface area (Å²) in [5, 5.41) is 16.0. The highest BCUT2D eigenvalue weighted by atomic mass is 19.4. The molecular weight excluding hydrogens is 247 g/mol. The van der Waals surface area contributed by atoms with Crippen LogP contribution < -0.4 is 5.73 Å². The van der Waals surface area contributed by atoms with E-state index in [-0.39, 0.29) is 16.9 Å². The number of aliphatic hydroxyl groups excluding tert-OH is 1. The van der Waals surface area contributed by atoms with Gasteiger partial charge in [0.15, 0.2) is 0 Å². The van der Waals surface area contributed by atoms with Crippen molar-refractivity contribution >= 4 is 5.69 Å². The van der Waals surface area contributed by atoms with Crippen molar-refractivity contribution in [2.45, 2.75) is 12.3 Å². The van der Waals surface area contributed by atoms with E-state index in [1.165, 1.54) is 12.3 Å². The molecule has 1 heterocycles. The van der Waals surface area contributed by atoms with Crippen molar-refractivity contribution in [3.05, 3.63) is 47.3 Å². The number of aliphatic hydroxyl groups is 1. The number of anilines is 1. The third kappa shape index (κ3) is 2.30. The van der Waals surface area contributed by atoms with Gasteiger partial charge in [0.2, 0.25) is 0 Å². The number of aromatic amines is 1. The van der Waals surface area contributed by atoms with Crippen LogP contribution in [0.5, 0.6) is 0 Å². The van der Waals surface area contributed by atoms with Gasteiger partial charge in [0, 0.05) is 17.4 Å². The molecule has 7 heteroatoms. The number of rotatable bonds is 2. The van der Waals surface area contributed by atoms with Crippen molar-refractivity contribution in [3.63, 3.8) is 0 Å². The second-order valence-electron chi connectivity index (χ2n) is 3.76. The molecule has 2 aromatic rings. The van der Waals surface area contributed by atoms with E-state index in [4.69, 9.17) is 5.73 Å². The van der Waals surface area contributed by atoms with Crippen molar-refractivity contribution in [1.82, 2.24) is 10.2 Å². The van der Waals surface area contributed by atoms with E-state index in [0.29, 0.717) is 0 Å². The summed E-state index contributed by atoms with van der Waals surface area (Å²) >= 11 is 0. The maximum absolute atomic E-state index is 12.6. The summed E-state index contributed by atoms with van der Waals surface area (Å²) in [6, 6.07) is 4.29. The highest BCUT2D eigenvalue weighted by molar-refractivity contribution is 5.52. The Bertz CT molecular complexity index is 537. The summed E-state index contributed by atoms with van der Waals surface area (Å²) in [6.07, 6.45) is -4.35. The van der Waals surface area contributed by atoms with Gasteiger partial charge in [-0.3, -0.25) is 5.10 Å². The Labute approximate surface area is 100 Å². The maximum atomic E-state index is 12.6. The number of hydrogen-bond acceptors (Lipinski definition) is 3. The molecule has 1 atom stereocenters. The van der Waals surface area contributed by atoms with Crippen LogP contribution in [0.25, 0.3) is 0 Å². The number of aromatic nitrogens is 2. The zero-order valence-corrected chi connectivity index (χ0v) is 9.07. The smallest absolute Gasteiger partial charge is 0.398 e. The molecule has 4 N–H and O–H groups in total. The molecule has 0 aliphatic carbocycles. The van der Waals surface area contributed by atoms with Gasteiger partial charge in [-0.05, 0) is 24.3 Å². The Morgan fingerprint density at radius 1 is 1.28 bits per heavy atom. The molecule has 0 amide bonds. The van der Waals surface area contributed by atoms with Gasteiger partial charge in [0.05, 0.1) is 11.3 Å². The Balaban J connectivity index is 2.44. The monoisotopic (exact) mass is 257 g/mol. The fourth-order valence-electron chi connectivity index (χ4n) is 1.57. The molecule has 1 aromatic carbocycles. The fraction of sp³-hybridized carbons (Fsp3) is 0.182. The molecule has 1 unspecified atom stereocenters. The van der Waals surface area contributed by atoms with Crippen LogP contribution in [0, 0.1) is 0 Å². The molecular formula is C11H10F3N3O. The number of nitrogens with two attached hydrogens (primary N) is 1. The van der Waals surface area contributed by atoms with Gasteiger partial charge in [0.1, 0.15) is 6.10 Å². The molecule has 0 spiro atoms. The Morgan fingerprint density at radius 2 is 2.00 bits per heavy atom. The first-order valence-corrected chi connectivity index (χ1v) is 5.03. The van der Waals surface area contributed by atoms with Crippen LogP contribution in [0.4, 0.5) is 18.9 Å². The van der Waals surface area contributed by atoms with Crippen LogP contribution in [-0.2, 0) is 6.18 Å². The predicted molar refractivity (Wildman–Crippen MR) is 58.5 cm³/mol. The van der Waals surface area contributed by atoms with Crippen LogP contribution >= 0.6 is 0 Å². The average Bonchev–Trinajstić information content (AvgIpc) is 2.80. The van der Waals surface area contributed by atoms with E-state index in [1.807, 2.05) is 0 Å². The fourth-order valence-corrected chi connectivity index (χ4v) is 1.57. The zero-order valence-electron chi connectivity index (χ0n) is 9.07. The number of nitrogens with zero attached hydrogens (tertiary/aromatic N) is 1. The largest absolute Gasteiger partial charge is 0.416 e. The van der Waals surface area contributed by atoms with E-state index in [9.17, 15) is 18.3 Å². The molecule has 1 aromatic heterocycles. The van der Waals surface area contributed by atoms with Gasteiger partial charge in [0.25, 0.3) is 0 Å². The SMILES string of the molecule is Nc1ccc(C(F)(F)F)cc1C(O)c1ccn[nH]1. The van der Waals surface area contributed by atoms with Crippen molar-refractivity contribution in [2.24, 2.45) is 0 Å². The van der Waals surface area contributed by atoms with E-state index in [0.717, 1.165) is 18.2 Å². The second kappa shape index (κ2) is 4.34. The quantitative estimate of drug-likeness (QED) is 0.721. The first-order valence-electron chi connectivity index (χ1n) is 5.03. The van der Waals surface area contributed by atoms with Gasteiger partial charge in [-0.2, -0.15) is 18.3 Å². The van der Waals surface area contributed by atoms with E-state index < -0.39 is 17.8 Å². The lowest BCUT2D eigenvalue weighted by Crippen LogP contribution is -2.10. The Kier molecular flexibility index (Phi) is 3.00. The summed E-state index contributed by atoms with van der Waals surface area (Å²) in [7, 11) is 0. The van der Waals surface area contributed by atoms with Crippen molar-refractivity contribution in [1.29, 1.82) is 0 Å². The molecule has 0 fully saturated rings. The molecule has 0 aliphatic heterocycles. The van der Waals surface area contributed by atoms with Gasteiger partial charge in [-0.1, -0.05) is 0 Å². The summed E-state index contributed by atoms with van der Waals surface area (Å²) in [5.74, 6) is 0. The third-order valence-corrected chi connectivity index (χ3v) is 2.53. The number of alkyl halides is 3. The average molecular weight is 257 g/mol. The highest BCUT2D eigenvalue weighted by Crippen LogP contribution is 2.34. The van der Waals surface area contributed by atoms with Crippen LogP contribution in [0.2, 0.25) is 0 Å². The number of benzene rings is 1. The van der Waals surface area contributed by atoms with E-state index >= 15 is 0 Å². The minimum absolute atomic E-state index is 0.00549. The molecule has 96 valence electrons. The summed E-state index contributed by atoms with van der Waals surface area (Å²) in [6.45, 7) is 0. The molecule has 0 saturated heterocycles. The molecule has 18 heavy (non-hydrogen) atoms. The van der Waals surface area contributed by atoms with E-state index in [2.05, 4.69) is 10.2 Å². The normalized spacial score (nSPS) is 13.6. The molecule has 4 nitrogen and oxygen atoms in total. The summed E-state index contributed by atoms with van der Waals surface area (Å²) in [4.78, 5) is 0. The lowest BCUT2D eigenvalue weighted by atomic mass is 10.0. The minimum Gasteiger partial charge on any atom is -0.398 e. The third-order valence-electron chi connectivity index (χ3n) is 2.53. The van der Waals surface area contributed by atoms with Crippen molar-refractivity contribution in [3.8, 4) is 0 Å². The standard InChI is InChI=1S/C11H10F3N3O/c12-11(13,14)6-1-2-8(15)7(5-6)10(18)9-3-4-16-17-9/h1-5,10,18H,15H2,(H,16,17). The number of nitrogen functional groups attached to an aromatic ring is 1. The second-order valence-corrected chi connectivity index (χ2v) is 3.76. The molecule has 2 rings (SSSR count). The highest BCUT2D eigenvalue weighted by Gasteiger charge is 2.31. The van der Waals surface area contributed by atoms with Crippen LogP contribution in [0.3, 0.4) is 0 Å². The van der Waals surface area contributed by atoms with Crippen LogP contribution in [-0.4, -0.2) is 15.3 Å². The molecule has 0 aliphatic rings. The number of H-pyrrole nitrogens is 1. The Morgan fingerprint density at radius 3 is 2.56 bits per heavy atom. The lowest BCUT2D eigenvalue weighted by Gasteiger charge is -2.14. The summed E-state index contributed by atoms with van der Waals surface area (Å²) < 4.78 is 37.7. The lowest BCUT2D eigenvalue weighted by molar-refractivity contribution is -0.137. The van der Waals surface area contributed by atoms with Crippen molar-refractivity contribution < 1.29 is 18.3 Å². The molecule has 0 bridgehead atoms. The number of halogens is 3.